The number of likely N-dealkylation sites (N-methyl/N-ethyl adjacent to an activating group) is 1. The van der Waals surface area contributed by atoms with Gasteiger partial charge >= 0.3 is 6.09 Å². The average Bonchev–Trinajstić information content (AvgIpc) is 3.13. The number of hydrogen-bond acceptors (Lipinski definition) is 4. The fraction of sp³-hybridized carbons (Fsp3) is 0.324. The van der Waals surface area contributed by atoms with Crippen LogP contribution in [0.4, 0.5) is 10.5 Å². The first kappa shape index (κ1) is 30.8. The van der Waals surface area contributed by atoms with E-state index in [1.165, 1.54) is 11.9 Å². The minimum Gasteiger partial charge on any atom is -0.444 e. The Morgan fingerprint density at radius 3 is 2.41 bits per heavy atom. The van der Waals surface area contributed by atoms with Crippen molar-refractivity contribution in [3.8, 4) is 11.1 Å². The van der Waals surface area contributed by atoms with Crippen LogP contribution in [0.15, 0.2) is 84.9 Å². The molecule has 3 amide bonds. The lowest BCUT2D eigenvalue weighted by atomic mass is 9.98. The Morgan fingerprint density at radius 1 is 0.977 bits per heavy atom. The van der Waals surface area contributed by atoms with Crippen molar-refractivity contribution in [1.82, 2.24) is 10.2 Å². The fourth-order valence-corrected chi connectivity index (χ4v) is 5.64. The maximum atomic E-state index is 14.5. The highest BCUT2D eigenvalue weighted by molar-refractivity contribution is 6.02. The second-order valence-electron chi connectivity index (χ2n) is 12.6. The van der Waals surface area contributed by atoms with Crippen molar-refractivity contribution < 1.29 is 19.1 Å². The number of hydrogen-bond donors (Lipinski definition) is 1. The zero-order valence-electron chi connectivity index (χ0n) is 26.4. The molecule has 4 aromatic carbocycles. The molecule has 0 fully saturated rings. The molecule has 5 rings (SSSR count). The Hall–Kier alpha value is -4.65. The number of ether oxygens (including phenoxy) is 1. The Labute approximate surface area is 259 Å². The van der Waals surface area contributed by atoms with Crippen molar-refractivity contribution in [2.45, 2.75) is 71.7 Å². The van der Waals surface area contributed by atoms with Crippen LogP contribution in [0.1, 0.15) is 50.8 Å². The molecule has 0 saturated heterocycles. The van der Waals surface area contributed by atoms with E-state index in [-0.39, 0.29) is 5.91 Å². The number of nitrogens with one attached hydrogen (secondary N) is 1. The van der Waals surface area contributed by atoms with Gasteiger partial charge in [-0.1, -0.05) is 78.9 Å². The lowest BCUT2D eigenvalue weighted by Gasteiger charge is -2.30. The molecule has 1 aliphatic heterocycles. The third-order valence-corrected chi connectivity index (χ3v) is 8.30. The predicted molar refractivity (Wildman–Crippen MR) is 175 cm³/mol. The van der Waals surface area contributed by atoms with E-state index >= 15 is 0 Å². The summed E-state index contributed by atoms with van der Waals surface area (Å²) in [6, 6.07) is 27.2. The Morgan fingerprint density at radius 2 is 1.68 bits per heavy atom. The van der Waals surface area contributed by atoms with Gasteiger partial charge in [0.1, 0.15) is 17.7 Å². The smallest absolute Gasteiger partial charge is 0.410 e. The van der Waals surface area contributed by atoms with Crippen molar-refractivity contribution in [1.29, 1.82) is 0 Å². The molecular formula is C37H41N3O4. The zero-order valence-corrected chi connectivity index (χ0v) is 26.4. The maximum absolute atomic E-state index is 14.5. The van der Waals surface area contributed by atoms with Gasteiger partial charge in [-0.05, 0) is 92.1 Å². The monoisotopic (exact) mass is 591 g/mol. The summed E-state index contributed by atoms with van der Waals surface area (Å²) >= 11 is 0. The van der Waals surface area contributed by atoms with Crippen LogP contribution >= 0.6 is 0 Å². The number of amides is 3. The van der Waals surface area contributed by atoms with E-state index in [2.05, 4.69) is 66.8 Å². The summed E-state index contributed by atoms with van der Waals surface area (Å²) in [5.41, 5.74) is 5.45. The summed E-state index contributed by atoms with van der Waals surface area (Å²) in [7, 11) is 1.53. The molecule has 228 valence electrons. The standard InChI is InChI=1S/C37H41N3O4/c1-24-16-17-27-14-10-11-15-30(27)31(24)23-40-33-22-29(26-12-8-7-9-13-26)19-18-28(33)20-21-32(35(40)42)38-34(41)25(2)39(6)36(43)44-37(3,4)5/h7-19,22,25,32H,20-21,23H2,1-6H3,(H,38,41)/t25-,32-/m0/s1. The molecule has 7 nitrogen and oxygen atoms in total. The third kappa shape index (κ3) is 6.62. The molecule has 4 aromatic rings. The van der Waals surface area contributed by atoms with Gasteiger partial charge in [0.25, 0.3) is 0 Å². The maximum Gasteiger partial charge on any atom is 0.410 e. The van der Waals surface area contributed by atoms with E-state index < -0.39 is 29.7 Å². The molecule has 0 unspecified atom stereocenters. The Bertz CT molecular complexity index is 1690. The van der Waals surface area contributed by atoms with E-state index in [1.807, 2.05) is 35.2 Å². The van der Waals surface area contributed by atoms with Crippen molar-refractivity contribution in [3.05, 3.63) is 102 Å². The number of anilines is 1. The zero-order chi connectivity index (χ0) is 31.6. The summed E-state index contributed by atoms with van der Waals surface area (Å²) in [5.74, 6) is -0.587. The fourth-order valence-electron chi connectivity index (χ4n) is 5.64. The molecule has 0 spiro atoms. The van der Waals surface area contributed by atoms with E-state index in [0.717, 1.165) is 44.3 Å². The van der Waals surface area contributed by atoms with Gasteiger partial charge in [0.15, 0.2) is 0 Å². The molecule has 1 N–H and O–H groups in total. The van der Waals surface area contributed by atoms with Gasteiger partial charge in [0.05, 0.1) is 6.54 Å². The second kappa shape index (κ2) is 12.5. The summed E-state index contributed by atoms with van der Waals surface area (Å²) in [6.45, 7) is 9.40. The summed E-state index contributed by atoms with van der Waals surface area (Å²) in [5, 5.41) is 5.18. The van der Waals surface area contributed by atoms with Crippen LogP contribution in [0.25, 0.3) is 21.9 Å². The largest absolute Gasteiger partial charge is 0.444 e. The van der Waals surface area contributed by atoms with Crippen LogP contribution < -0.4 is 10.2 Å². The van der Waals surface area contributed by atoms with Crippen LogP contribution in [-0.2, 0) is 27.3 Å². The van der Waals surface area contributed by atoms with Crippen molar-refractivity contribution in [2.24, 2.45) is 0 Å². The molecule has 44 heavy (non-hydrogen) atoms. The first-order chi connectivity index (χ1) is 20.9. The molecule has 0 radical (unpaired) electrons. The molecule has 1 aliphatic rings. The first-order valence-electron chi connectivity index (χ1n) is 15.2. The van der Waals surface area contributed by atoms with Gasteiger partial charge in [-0.25, -0.2) is 4.79 Å². The molecule has 2 atom stereocenters. The summed E-state index contributed by atoms with van der Waals surface area (Å²) in [6.07, 6.45) is 0.458. The van der Waals surface area contributed by atoms with Gasteiger partial charge in [-0.15, -0.1) is 0 Å². The highest BCUT2D eigenvalue weighted by Crippen LogP contribution is 2.35. The minimum atomic E-state index is -0.832. The van der Waals surface area contributed by atoms with Crippen LogP contribution in [0, 0.1) is 6.92 Å². The van der Waals surface area contributed by atoms with Crippen LogP contribution in [-0.4, -0.2) is 47.5 Å². The molecule has 0 saturated carbocycles. The van der Waals surface area contributed by atoms with E-state index in [0.29, 0.717) is 19.4 Å². The van der Waals surface area contributed by atoms with Gasteiger partial charge < -0.3 is 15.0 Å². The van der Waals surface area contributed by atoms with Crippen molar-refractivity contribution >= 4 is 34.4 Å². The molecule has 1 heterocycles. The highest BCUT2D eigenvalue weighted by atomic mass is 16.6. The number of rotatable bonds is 6. The average molecular weight is 592 g/mol. The molecule has 7 heteroatoms. The molecule has 0 bridgehead atoms. The number of nitrogens with zero attached hydrogens (tertiary/aromatic N) is 2. The molecule has 0 aliphatic carbocycles. The van der Waals surface area contributed by atoms with E-state index in [1.54, 1.807) is 27.7 Å². The van der Waals surface area contributed by atoms with Crippen LogP contribution in [0.5, 0.6) is 0 Å². The SMILES string of the molecule is Cc1ccc2ccccc2c1CN1C(=O)[C@@H](NC(=O)[C@H](C)N(C)C(=O)OC(C)(C)C)CCc2ccc(-c3ccccc3)cc21. The quantitative estimate of drug-likeness (QED) is 0.261. The number of benzene rings is 4. The predicted octanol–water partition coefficient (Wildman–Crippen LogP) is 7.03. The Kier molecular flexibility index (Phi) is 8.77. The number of carbonyl (C=O) groups is 3. The van der Waals surface area contributed by atoms with E-state index in [9.17, 15) is 14.4 Å². The lowest BCUT2D eigenvalue weighted by Crippen LogP contribution is -2.54. The topological polar surface area (TPSA) is 79.0 Å². The number of carbonyl (C=O) groups excluding carboxylic acids is 3. The lowest BCUT2D eigenvalue weighted by molar-refractivity contribution is -0.130. The van der Waals surface area contributed by atoms with Crippen molar-refractivity contribution in [3.63, 3.8) is 0 Å². The third-order valence-electron chi connectivity index (χ3n) is 8.30. The van der Waals surface area contributed by atoms with Gasteiger partial charge in [-0.2, -0.15) is 0 Å². The highest BCUT2D eigenvalue weighted by Gasteiger charge is 2.35. The normalized spacial score (nSPS) is 15.7. The summed E-state index contributed by atoms with van der Waals surface area (Å²) in [4.78, 5) is 43.7. The van der Waals surface area contributed by atoms with Gasteiger partial charge in [0.2, 0.25) is 11.8 Å². The molecule has 0 aromatic heterocycles. The second-order valence-corrected chi connectivity index (χ2v) is 12.6. The van der Waals surface area contributed by atoms with Crippen molar-refractivity contribution in [2.75, 3.05) is 11.9 Å². The first-order valence-corrected chi connectivity index (χ1v) is 15.2. The van der Waals surface area contributed by atoms with Gasteiger partial charge in [-0.3, -0.25) is 14.5 Å². The minimum absolute atomic E-state index is 0.179. The van der Waals surface area contributed by atoms with Crippen LogP contribution in [0.3, 0.4) is 0 Å². The molecular weight excluding hydrogens is 550 g/mol. The Balaban J connectivity index is 1.50. The van der Waals surface area contributed by atoms with Crippen LogP contribution in [0.2, 0.25) is 0 Å². The summed E-state index contributed by atoms with van der Waals surface area (Å²) < 4.78 is 5.45. The number of aryl methyl sites for hydroxylation is 2. The number of fused-ring (bicyclic) bond motifs is 2. The van der Waals surface area contributed by atoms with Gasteiger partial charge in [0, 0.05) is 12.7 Å². The van der Waals surface area contributed by atoms with E-state index in [4.69, 9.17) is 4.74 Å².